The zero-order valence-corrected chi connectivity index (χ0v) is 18.9. The third kappa shape index (κ3) is 2.20. The highest BCUT2D eigenvalue weighted by atomic mass is 15.5. The largest absolute Gasteiger partial charge is 0.399 e. The van der Waals surface area contributed by atoms with Crippen molar-refractivity contribution in [3.63, 3.8) is 0 Å². The first-order chi connectivity index (χ1) is 17.1. The van der Waals surface area contributed by atoms with Crippen LogP contribution in [0.4, 0.5) is 17.1 Å². The summed E-state index contributed by atoms with van der Waals surface area (Å²) in [6.07, 6.45) is 7.41. The number of hydrogen-bond donors (Lipinski definition) is 2. The van der Waals surface area contributed by atoms with Gasteiger partial charge in [0.25, 0.3) is 0 Å². The highest BCUT2D eigenvalue weighted by Crippen LogP contribution is 2.62. The van der Waals surface area contributed by atoms with Crippen LogP contribution in [0.2, 0.25) is 0 Å². The van der Waals surface area contributed by atoms with Gasteiger partial charge in [0.2, 0.25) is 0 Å². The second-order valence-corrected chi connectivity index (χ2v) is 10.4. The van der Waals surface area contributed by atoms with Crippen molar-refractivity contribution >= 4 is 44.9 Å². The minimum Gasteiger partial charge on any atom is -0.399 e. The third-order valence-electron chi connectivity index (χ3n) is 8.42. The molecule has 0 spiro atoms. The van der Waals surface area contributed by atoms with Gasteiger partial charge >= 0.3 is 0 Å². The number of anilines is 3. The SMILES string of the molecule is NC1=CCC2C=c3cc4c(cc3=NC2=C1)C1C2c3cc5nc6cc(N)ccc6cc5cc3N2CN41. The molecule has 0 amide bonds. The number of aromatic nitrogens is 1. The van der Waals surface area contributed by atoms with E-state index in [1.54, 1.807) is 0 Å². The zero-order chi connectivity index (χ0) is 23.0. The Balaban J connectivity index is 1.16. The van der Waals surface area contributed by atoms with E-state index in [9.17, 15) is 0 Å². The van der Waals surface area contributed by atoms with Gasteiger partial charge in [-0.25, -0.2) is 4.98 Å². The lowest BCUT2D eigenvalue weighted by atomic mass is 9.81. The van der Waals surface area contributed by atoms with Crippen molar-refractivity contribution in [2.45, 2.75) is 18.5 Å². The van der Waals surface area contributed by atoms with Gasteiger partial charge in [0, 0.05) is 50.6 Å². The van der Waals surface area contributed by atoms with Gasteiger partial charge in [0.1, 0.15) is 0 Å². The number of allylic oxidation sites excluding steroid dienone is 3. The summed E-state index contributed by atoms with van der Waals surface area (Å²) in [5.74, 6) is 0.331. The Morgan fingerprint density at radius 1 is 0.829 bits per heavy atom. The van der Waals surface area contributed by atoms with Gasteiger partial charge in [-0.3, -0.25) is 4.99 Å². The van der Waals surface area contributed by atoms with E-state index >= 15 is 0 Å². The molecule has 6 nitrogen and oxygen atoms in total. The summed E-state index contributed by atoms with van der Waals surface area (Å²) in [6.45, 7) is 0.933. The lowest BCUT2D eigenvalue weighted by Crippen LogP contribution is -2.41. The first kappa shape index (κ1) is 18.1. The van der Waals surface area contributed by atoms with Crippen molar-refractivity contribution in [1.29, 1.82) is 0 Å². The molecule has 1 aliphatic carbocycles. The summed E-state index contributed by atoms with van der Waals surface area (Å²) in [5.41, 5.74) is 22.2. The molecule has 35 heavy (non-hydrogen) atoms. The van der Waals surface area contributed by atoms with Crippen LogP contribution in [0.3, 0.4) is 0 Å². The fraction of sp³-hybridized carbons (Fsp3) is 0.172. The lowest BCUT2D eigenvalue weighted by Gasteiger charge is -2.44. The number of nitrogens with two attached hydrogens (primary N) is 2. The molecule has 9 rings (SSSR count). The second-order valence-electron chi connectivity index (χ2n) is 10.4. The van der Waals surface area contributed by atoms with E-state index in [-0.39, 0.29) is 0 Å². The highest BCUT2D eigenvalue weighted by Gasteiger charge is 2.55. The van der Waals surface area contributed by atoms with Crippen LogP contribution in [0.5, 0.6) is 0 Å². The first-order valence-corrected chi connectivity index (χ1v) is 12.2. The number of nitrogen functional groups attached to an aromatic ring is 1. The van der Waals surface area contributed by atoms with Crippen molar-refractivity contribution in [1.82, 2.24) is 4.98 Å². The van der Waals surface area contributed by atoms with E-state index in [1.165, 1.54) is 33.1 Å². The number of benzene rings is 3. The summed E-state index contributed by atoms with van der Waals surface area (Å²) in [4.78, 5) is 15.0. The van der Waals surface area contributed by atoms with Crippen LogP contribution in [0.25, 0.3) is 27.9 Å². The van der Waals surface area contributed by atoms with Crippen LogP contribution in [0, 0.1) is 5.92 Å². The van der Waals surface area contributed by atoms with Gasteiger partial charge in [-0.15, -0.1) is 0 Å². The zero-order valence-electron chi connectivity index (χ0n) is 18.9. The Morgan fingerprint density at radius 2 is 1.63 bits per heavy atom. The van der Waals surface area contributed by atoms with Crippen LogP contribution in [0.15, 0.2) is 77.1 Å². The summed E-state index contributed by atoms with van der Waals surface area (Å²) in [7, 11) is 0. The molecule has 0 bridgehead atoms. The molecule has 1 saturated heterocycles. The van der Waals surface area contributed by atoms with Crippen molar-refractivity contribution in [3.05, 3.63) is 93.8 Å². The maximum atomic E-state index is 6.05. The van der Waals surface area contributed by atoms with Crippen molar-refractivity contribution in [3.8, 4) is 0 Å². The first-order valence-electron chi connectivity index (χ1n) is 12.2. The van der Waals surface area contributed by atoms with E-state index in [1.807, 2.05) is 18.2 Å². The maximum absolute atomic E-state index is 6.05. The molecule has 4 aliphatic heterocycles. The van der Waals surface area contributed by atoms with Gasteiger partial charge in [0.05, 0.1) is 40.8 Å². The van der Waals surface area contributed by atoms with E-state index in [2.05, 4.69) is 58.4 Å². The molecule has 6 heteroatoms. The molecule has 5 heterocycles. The highest BCUT2D eigenvalue weighted by molar-refractivity contribution is 5.97. The van der Waals surface area contributed by atoms with Crippen molar-refractivity contribution in [2.24, 2.45) is 16.6 Å². The molecule has 0 saturated carbocycles. The smallest absolute Gasteiger partial charge is 0.0917 e. The molecule has 168 valence electrons. The van der Waals surface area contributed by atoms with Crippen LogP contribution in [-0.4, -0.2) is 11.7 Å². The summed E-state index contributed by atoms with van der Waals surface area (Å²) < 4.78 is 0. The molecule has 3 atom stereocenters. The van der Waals surface area contributed by atoms with E-state index in [0.29, 0.717) is 18.0 Å². The average molecular weight is 455 g/mol. The Bertz CT molecular complexity index is 1870. The molecule has 1 aromatic heterocycles. The molecule has 0 radical (unpaired) electrons. The van der Waals surface area contributed by atoms with Crippen molar-refractivity contribution in [2.75, 3.05) is 22.2 Å². The van der Waals surface area contributed by atoms with Gasteiger partial charge in [-0.05, 0) is 60.2 Å². The number of fused-ring (bicyclic) bond motifs is 13. The third-order valence-corrected chi connectivity index (χ3v) is 8.42. The van der Waals surface area contributed by atoms with Crippen molar-refractivity contribution < 1.29 is 0 Å². The molecular weight excluding hydrogens is 432 g/mol. The van der Waals surface area contributed by atoms with E-state index < -0.39 is 0 Å². The van der Waals surface area contributed by atoms with Gasteiger partial charge in [-0.1, -0.05) is 18.2 Å². The Kier molecular flexibility index (Phi) is 3.01. The van der Waals surface area contributed by atoms with Crippen LogP contribution < -0.4 is 31.8 Å². The Labute approximate surface area is 201 Å². The van der Waals surface area contributed by atoms with Gasteiger partial charge in [-0.2, -0.15) is 0 Å². The molecule has 1 fully saturated rings. The molecule has 5 aliphatic rings. The van der Waals surface area contributed by atoms with E-state index in [4.69, 9.17) is 21.4 Å². The number of nitrogens with zero attached hydrogens (tertiary/aromatic N) is 4. The molecular formula is C29H22N6. The van der Waals surface area contributed by atoms with Crippen LogP contribution in [-0.2, 0) is 0 Å². The quantitative estimate of drug-likeness (QED) is 0.314. The molecule has 4 N–H and O–H groups in total. The summed E-state index contributed by atoms with van der Waals surface area (Å²) in [5, 5.41) is 4.62. The molecule has 3 unspecified atom stereocenters. The minimum atomic E-state index is 0.331. The predicted molar refractivity (Wildman–Crippen MR) is 139 cm³/mol. The lowest BCUT2D eigenvalue weighted by molar-refractivity contribution is 0.552. The Morgan fingerprint density at radius 3 is 2.51 bits per heavy atom. The topological polar surface area (TPSA) is 83.8 Å². The molecule has 3 aromatic carbocycles. The number of hydrogen-bond acceptors (Lipinski definition) is 6. The fourth-order valence-electron chi connectivity index (χ4n) is 6.73. The standard InChI is InChI=1S/C29H22N6/c30-18-3-1-14-5-16-7-26-20(11-24(16)32-22(14)9-18)28-29-21-12-25-17(8-27(21)35(29)13-34(26)28)6-15-2-4-19(31)10-23(15)33-25/h1,3-12,15,28-29H,2,13,30-31H2. The fourth-order valence-corrected chi connectivity index (χ4v) is 6.73. The number of rotatable bonds is 0. The van der Waals surface area contributed by atoms with Crippen LogP contribution >= 0.6 is 0 Å². The second kappa shape index (κ2) is 5.84. The normalized spacial score (nSPS) is 24.4. The Hall–Kier alpha value is -4.32. The average Bonchev–Trinajstić information content (AvgIpc) is 3.14. The van der Waals surface area contributed by atoms with Crippen LogP contribution in [0.1, 0.15) is 29.6 Å². The maximum Gasteiger partial charge on any atom is 0.0917 e. The number of pyridine rings is 1. The minimum absolute atomic E-state index is 0.331. The monoisotopic (exact) mass is 454 g/mol. The van der Waals surface area contributed by atoms with Gasteiger partial charge in [0.15, 0.2) is 0 Å². The molecule has 4 aromatic rings. The summed E-state index contributed by atoms with van der Waals surface area (Å²) in [6, 6.07) is 18.2. The van der Waals surface area contributed by atoms with E-state index in [0.717, 1.165) is 51.9 Å². The van der Waals surface area contributed by atoms with Gasteiger partial charge < -0.3 is 21.3 Å². The summed E-state index contributed by atoms with van der Waals surface area (Å²) >= 11 is 0. The predicted octanol–water partition coefficient (Wildman–Crippen LogP) is 3.52.